The minimum Gasteiger partial charge on any atom is -0.299 e. The lowest BCUT2D eigenvalue weighted by atomic mass is 10.3. The van der Waals surface area contributed by atoms with Crippen LogP contribution in [-0.2, 0) is 14.8 Å². The second-order valence-electron chi connectivity index (χ2n) is 7.08. The number of rotatable bonds is 9. The van der Waals surface area contributed by atoms with Crippen LogP contribution in [0.15, 0.2) is 57.8 Å². The zero-order chi connectivity index (χ0) is 23.3. The first-order valence-corrected chi connectivity index (χ1v) is 13.4. The van der Waals surface area contributed by atoms with Crippen LogP contribution in [0.4, 0.5) is 10.8 Å². The molecule has 7 nitrogen and oxygen atoms in total. The molecule has 2 aromatic carbocycles. The predicted octanol–water partition coefficient (Wildman–Crippen LogP) is 5.43. The number of hydrogen-bond acceptors (Lipinski definition) is 7. The van der Waals surface area contributed by atoms with E-state index in [1.807, 2.05) is 0 Å². The van der Waals surface area contributed by atoms with Crippen LogP contribution in [0.25, 0.3) is 0 Å². The molecule has 0 bridgehead atoms. The molecule has 1 heterocycles. The zero-order valence-corrected chi connectivity index (χ0v) is 21.1. The van der Waals surface area contributed by atoms with E-state index in [0.717, 1.165) is 14.4 Å². The summed E-state index contributed by atoms with van der Waals surface area (Å²) in [6, 6.07) is 12.2. The van der Waals surface area contributed by atoms with E-state index in [4.69, 9.17) is 23.2 Å². The Morgan fingerprint density at radius 3 is 2.41 bits per heavy atom. The number of halogens is 2. The number of nitrogens with one attached hydrogen (secondary N) is 1. The first-order valence-electron chi connectivity index (χ1n) is 9.45. The Hall–Kier alpha value is -1.85. The van der Waals surface area contributed by atoms with Crippen LogP contribution >= 0.6 is 46.3 Å². The highest BCUT2D eigenvalue weighted by molar-refractivity contribution is 8.01. The van der Waals surface area contributed by atoms with Gasteiger partial charge in [0.1, 0.15) is 6.54 Å². The van der Waals surface area contributed by atoms with Gasteiger partial charge in [-0.05, 0) is 36.2 Å². The quantitative estimate of drug-likeness (QED) is 0.293. The summed E-state index contributed by atoms with van der Waals surface area (Å²) >= 11 is 15.0. The summed E-state index contributed by atoms with van der Waals surface area (Å²) in [5.74, 6) is 0.793. The summed E-state index contributed by atoms with van der Waals surface area (Å²) in [5.41, 5.74) is 0.173. The van der Waals surface area contributed by atoms with Crippen molar-refractivity contribution in [3.8, 4) is 0 Å². The normalized spacial score (nSPS) is 11.5. The van der Waals surface area contributed by atoms with Crippen molar-refractivity contribution in [1.29, 1.82) is 0 Å². The van der Waals surface area contributed by atoms with E-state index in [1.165, 1.54) is 41.7 Å². The number of benzene rings is 2. The third kappa shape index (κ3) is 6.58. The molecule has 170 valence electrons. The first kappa shape index (κ1) is 24.8. The second kappa shape index (κ2) is 10.8. The van der Waals surface area contributed by atoms with Gasteiger partial charge in [-0.1, -0.05) is 78.3 Å². The Bertz CT molecular complexity index is 1170. The highest BCUT2D eigenvalue weighted by Crippen LogP contribution is 2.30. The molecule has 1 aromatic heterocycles. The van der Waals surface area contributed by atoms with Crippen molar-refractivity contribution >= 4 is 73.0 Å². The second-order valence-corrected chi connectivity index (χ2v) is 12.1. The highest BCUT2D eigenvalue weighted by Gasteiger charge is 2.28. The van der Waals surface area contributed by atoms with Crippen LogP contribution in [0.3, 0.4) is 0 Å². The number of thioether (sulfide) groups is 1. The van der Waals surface area contributed by atoms with Crippen LogP contribution in [0.2, 0.25) is 10.0 Å². The fourth-order valence-corrected chi connectivity index (χ4v) is 6.25. The van der Waals surface area contributed by atoms with Gasteiger partial charge in [0.25, 0.3) is 10.0 Å². The van der Waals surface area contributed by atoms with Gasteiger partial charge in [0.15, 0.2) is 4.34 Å². The highest BCUT2D eigenvalue weighted by atomic mass is 35.5. The van der Waals surface area contributed by atoms with Gasteiger partial charge >= 0.3 is 0 Å². The Labute approximate surface area is 205 Å². The SMILES string of the molecule is CC(C)CSc1nnc(NC(=O)CN(c2cc(Cl)cc(Cl)c2)S(=O)(=O)c2ccccc2)s1. The van der Waals surface area contributed by atoms with Crippen molar-refractivity contribution in [3.63, 3.8) is 0 Å². The van der Waals surface area contributed by atoms with Crippen LogP contribution in [0.1, 0.15) is 13.8 Å². The number of carbonyl (C=O) groups excluding carboxylic acids is 1. The van der Waals surface area contributed by atoms with Crippen molar-refractivity contribution in [2.75, 3.05) is 21.9 Å². The van der Waals surface area contributed by atoms with Gasteiger partial charge in [-0.15, -0.1) is 10.2 Å². The molecule has 3 rings (SSSR count). The first-order chi connectivity index (χ1) is 15.1. The fraction of sp³-hybridized carbons (Fsp3) is 0.250. The van der Waals surface area contributed by atoms with E-state index in [1.54, 1.807) is 30.0 Å². The standard InChI is InChI=1S/C20H20Cl2N4O3S3/c1-13(2)12-30-20-25-24-19(31-20)23-18(27)11-26(16-9-14(21)8-15(22)10-16)32(28,29)17-6-4-3-5-7-17/h3-10,13H,11-12H2,1-2H3,(H,23,24,27). The molecule has 0 radical (unpaired) electrons. The number of aromatic nitrogens is 2. The number of hydrogen-bond donors (Lipinski definition) is 1. The van der Waals surface area contributed by atoms with Crippen molar-refractivity contribution in [3.05, 3.63) is 58.6 Å². The van der Waals surface area contributed by atoms with Crippen LogP contribution < -0.4 is 9.62 Å². The smallest absolute Gasteiger partial charge is 0.264 e. The summed E-state index contributed by atoms with van der Waals surface area (Å²) in [5, 5.41) is 11.4. The number of carbonyl (C=O) groups is 1. The third-order valence-electron chi connectivity index (χ3n) is 3.95. The molecule has 32 heavy (non-hydrogen) atoms. The van der Waals surface area contributed by atoms with Crippen molar-refractivity contribution in [2.24, 2.45) is 5.92 Å². The maximum absolute atomic E-state index is 13.3. The van der Waals surface area contributed by atoms with Crippen molar-refractivity contribution in [1.82, 2.24) is 10.2 Å². The number of nitrogens with zero attached hydrogens (tertiary/aromatic N) is 3. The minimum absolute atomic E-state index is 0.0344. The molecular weight excluding hydrogens is 511 g/mol. The molecule has 0 aliphatic heterocycles. The molecule has 0 spiro atoms. The van der Waals surface area contributed by atoms with Gasteiger partial charge in [0.05, 0.1) is 10.6 Å². The summed E-state index contributed by atoms with van der Waals surface area (Å²) in [7, 11) is -4.07. The van der Waals surface area contributed by atoms with Crippen LogP contribution in [-0.4, -0.2) is 36.8 Å². The summed E-state index contributed by atoms with van der Waals surface area (Å²) in [4.78, 5) is 12.8. The molecular formula is C20H20Cl2N4O3S3. The Kier molecular flexibility index (Phi) is 8.40. The molecule has 0 aliphatic rings. The van der Waals surface area contributed by atoms with E-state index in [0.29, 0.717) is 11.0 Å². The maximum Gasteiger partial charge on any atom is 0.264 e. The predicted molar refractivity (Wildman–Crippen MR) is 132 cm³/mol. The Balaban J connectivity index is 1.85. The molecule has 1 N–H and O–H groups in total. The lowest BCUT2D eigenvalue weighted by Gasteiger charge is -2.24. The van der Waals surface area contributed by atoms with Crippen molar-refractivity contribution in [2.45, 2.75) is 23.1 Å². The maximum atomic E-state index is 13.3. The van der Waals surface area contributed by atoms with E-state index in [9.17, 15) is 13.2 Å². The lowest BCUT2D eigenvalue weighted by Crippen LogP contribution is -2.38. The van der Waals surface area contributed by atoms with E-state index < -0.39 is 22.5 Å². The minimum atomic E-state index is -4.07. The summed E-state index contributed by atoms with van der Waals surface area (Å²) in [6.45, 7) is 3.70. The largest absolute Gasteiger partial charge is 0.299 e. The van der Waals surface area contributed by atoms with Crippen molar-refractivity contribution < 1.29 is 13.2 Å². The Morgan fingerprint density at radius 2 is 1.78 bits per heavy atom. The molecule has 0 aliphatic carbocycles. The van der Waals surface area contributed by atoms with E-state index in [-0.39, 0.29) is 20.6 Å². The molecule has 1 amide bonds. The van der Waals surface area contributed by atoms with Crippen LogP contribution in [0, 0.1) is 5.92 Å². The third-order valence-corrected chi connectivity index (χ3v) is 8.57. The molecule has 3 aromatic rings. The van der Waals surface area contributed by atoms with Gasteiger partial charge in [-0.2, -0.15) is 0 Å². The molecule has 0 saturated heterocycles. The van der Waals surface area contributed by atoms with Gasteiger partial charge in [-0.25, -0.2) is 8.42 Å². The summed E-state index contributed by atoms with van der Waals surface area (Å²) < 4.78 is 28.3. The number of anilines is 2. The zero-order valence-electron chi connectivity index (χ0n) is 17.2. The molecule has 0 saturated carbocycles. The average molecular weight is 532 g/mol. The van der Waals surface area contributed by atoms with Crippen LogP contribution in [0.5, 0.6) is 0 Å². The molecule has 0 fully saturated rings. The van der Waals surface area contributed by atoms with Gasteiger partial charge in [-0.3, -0.25) is 14.4 Å². The Morgan fingerprint density at radius 1 is 1.12 bits per heavy atom. The average Bonchev–Trinajstić information content (AvgIpc) is 3.17. The van der Waals surface area contributed by atoms with Gasteiger partial charge in [0, 0.05) is 15.8 Å². The topological polar surface area (TPSA) is 92.3 Å². The lowest BCUT2D eigenvalue weighted by molar-refractivity contribution is -0.114. The molecule has 0 unspecified atom stereocenters. The van der Waals surface area contributed by atoms with E-state index >= 15 is 0 Å². The number of amides is 1. The van der Waals surface area contributed by atoms with Gasteiger partial charge in [0.2, 0.25) is 11.0 Å². The molecule has 0 atom stereocenters. The molecule has 12 heteroatoms. The number of sulfonamides is 1. The summed E-state index contributed by atoms with van der Waals surface area (Å²) in [6.07, 6.45) is 0. The van der Waals surface area contributed by atoms with Gasteiger partial charge < -0.3 is 0 Å². The fourth-order valence-electron chi connectivity index (χ4n) is 2.56. The monoisotopic (exact) mass is 530 g/mol. The van der Waals surface area contributed by atoms with E-state index in [2.05, 4.69) is 29.4 Å².